The average Bonchev–Trinajstić information content (AvgIpc) is 3.52. The van der Waals surface area contributed by atoms with Gasteiger partial charge in [-0.15, -0.1) is 0 Å². The first-order chi connectivity index (χ1) is 26.7. The van der Waals surface area contributed by atoms with Gasteiger partial charge in [-0.2, -0.15) is 0 Å². The highest BCUT2D eigenvalue weighted by Crippen LogP contribution is 2.56. The molecule has 0 amide bonds. The van der Waals surface area contributed by atoms with Crippen molar-refractivity contribution < 1.29 is 0 Å². The lowest BCUT2D eigenvalue weighted by Crippen LogP contribution is -2.27. The van der Waals surface area contributed by atoms with Crippen molar-refractivity contribution in [3.63, 3.8) is 0 Å². The molecule has 1 aromatic heterocycles. The van der Waals surface area contributed by atoms with E-state index < -0.39 is 0 Å². The summed E-state index contributed by atoms with van der Waals surface area (Å²) in [6, 6.07) is 63.0. The lowest BCUT2D eigenvalue weighted by atomic mass is 9.68. The molecule has 3 nitrogen and oxygen atoms in total. The fourth-order valence-corrected chi connectivity index (χ4v) is 8.87. The number of aromatic nitrogens is 3. The first kappa shape index (κ1) is 32.2. The summed E-state index contributed by atoms with van der Waals surface area (Å²) in [6.07, 6.45) is 6.47. The summed E-state index contributed by atoms with van der Waals surface area (Å²) >= 11 is 0. The molecule has 8 aromatic rings. The van der Waals surface area contributed by atoms with Crippen LogP contribution in [0.3, 0.4) is 0 Å². The topological polar surface area (TPSA) is 38.7 Å². The van der Waals surface area contributed by atoms with Gasteiger partial charge in [0, 0.05) is 22.1 Å². The third-order valence-corrected chi connectivity index (χ3v) is 11.5. The molecule has 7 aromatic carbocycles. The Balaban J connectivity index is 0.990. The van der Waals surface area contributed by atoms with Crippen LogP contribution in [0.25, 0.3) is 78.7 Å². The molecule has 0 saturated heterocycles. The van der Waals surface area contributed by atoms with E-state index in [1.807, 2.05) is 60.7 Å². The van der Waals surface area contributed by atoms with E-state index >= 15 is 0 Å². The predicted octanol–water partition coefficient (Wildman–Crippen LogP) is 13.1. The van der Waals surface area contributed by atoms with Gasteiger partial charge in [-0.05, 0) is 92.7 Å². The van der Waals surface area contributed by atoms with Crippen molar-refractivity contribution in [2.75, 3.05) is 0 Å². The smallest absolute Gasteiger partial charge is 0.164 e. The van der Waals surface area contributed by atoms with Crippen LogP contribution in [0.2, 0.25) is 0 Å². The molecular weight excluding hydrogens is 655 g/mol. The number of hydrogen-bond acceptors (Lipinski definition) is 3. The Kier molecular flexibility index (Phi) is 8.06. The molecule has 10 rings (SSSR count). The fraction of sp³-hybridized carbons (Fsp3) is 0.118. The molecule has 0 N–H and O–H groups in total. The van der Waals surface area contributed by atoms with Gasteiger partial charge in [0.1, 0.15) is 0 Å². The molecule has 0 bridgehead atoms. The molecular formula is C51H39N3. The second kappa shape index (κ2) is 13.5. The highest BCUT2D eigenvalue weighted by molar-refractivity contribution is 5.86. The van der Waals surface area contributed by atoms with Crippen LogP contribution in [0.5, 0.6) is 0 Å². The summed E-state index contributed by atoms with van der Waals surface area (Å²) in [5.41, 5.74) is 16.1. The van der Waals surface area contributed by atoms with Crippen molar-refractivity contribution in [2.45, 2.75) is 37.5 Å². The quantitative estimate of drug-likeness (QED) is 0.174. The van der Waals surface area contributed by atoms with Crippen molar-refractivity contribution in [3.8, 4) is 78.7 Å². The number of benzene rings is 7. The van der Waals surface area contributed by atoms with Crippen LogP contribution in [-0.2, 0) is 5.41 Å². The second-order valence-corrected chi connectivity index (χ2v) is 14.7. The van der Waals surface area contributed by atoms with E-state index in [9.17, 15) is 0 Å². The molecule has 54 heavy (non-hydrogen) atoms. The van der Waals surface area contributed by atoms with Crippen molar-refractivity contribution in [2.24, 2.45) is 0 Å². The SMILES string of the molecule is c1ccc(-c2nc(-c3ccccc3)nc(-c3cccc(-c4cccc(-c5cccc(-c6ccc7c(c6)-c6ccccc6C76CCCCC6)c5)c4)c3)n2)cc1. The number of fused-ring (bicyclic) bond motifs is 5. The van der Waals surface area contributed by atoms with E-state index in [1.165, 1.54) is 76.6 Å². The maximum absolute atomic E-state index is 4.97. The van der Waals surface area contributed by atoms with Gasteiger partial charge in [-0.3, -0.25) is 0 Å². The first-order valence-corrected chi connectivity index (χ1v) is 19.1. The van der Waals surface area contributed by atoms with Gasteiger partial charge in [0.15, 0.2) is 17.5 Å². The maximum atomic E-state index is 4.97. The Morgan fingerprint density at radius 3 is 1.26 bits per heavy atom. The van der Waals surface area contributed by atoms with E-state index in [0.29, 0.717) is 17.5 Å². The van der Waals surface area contributed by atoms with Crippen molar-refractivity contribution >= 4 is 0 Å². The summed E-state index contributed by atoms with van der Waals surface area (Å²) in [7, 11) is 0. The minimum absolute atomic E-state index is 0.181. The molecule has 3 heteroatoms. The average molecular weight is 694 g/mol. The zero-order valence-corrected chi connectivity index (χ0v) is 30.1. The van der Waals surface area contributed by atoms with E-state index in [-0.39, 0.29) is 5.41 Å². The largest absolute Gasteiger partial charge is 0.208 e. The third-order valence-electron chi connectivity index (χ3n) is 11.5. The van der Waals surface area contributed by atoms with Crippen LogP contribution in [0.4, 0.5) is 0 Å². The van der Waals surface area contributed by atoms with Crippen molar-refractivity contribution in [1.29, 1.82) is 0 Å². The molecule has 1 spiro atoms. The van der Waals surface area contributed by atoms with Crippen LogP contribution in [0, 0.1) is 0 Å². The van der Waals surface area contributed by atoms with Crippen molar-refractivity contribution in [3.05, 3.63) is 187 Å². The first-order valence-electron chi connectivity index (χ1n) is 19.1. The summed E-state index contributed by atoms with van der Waals surface area (Å²) in [5.74, 6) is 1.97. The summed E-state index contributed by atoms with van der Waals surface area (Å²) in [5, 5.41) is 0. The number of hydrogen-bond donors (Lipinski definition) is 0. The minimum atomic E-state index is 0.181. The van der Waals surface area contributed by atoms with Gasteiger partial charge in [0.2, 0.25) is 0 Å². The Hall–Kier alpha value is -6.45. The molecule has 0 unspecified atom stereocenters. The molecule has 1 fully saturated rings. The minimum Gasteiger partial charge on any atom is -0.208 e. The van der Waals surface area contributed by atoms with Gasteiger partial charge >= 0.3 is 0 Å². The Bertz CT molecular complexity index is 2580. The zero-order chi connectivity index (χ0) is 35.9. The zero-order valence-electron chi connectivity index (χ0n) is 30.1. The molecule has 258 valence electrons. The normalized spacial score (nSPS) is 14.1. The van der Waals surface area contributed by atoms with Gasteiger partial charge in [-0.25, -0.2) is 15.0 Å². The molecule has 2 aliphatic carbocycles. The maximum Gasteiger partial charge on any atom is 0.164 e. The summed E-state index contributed by atoms with van der Waals surface area (Å²) in [4.78, 5) is 14.8. The molecule has 1 saturated carbocycles. The van der Waals surface area contributed by atoms with Crippen LogP contribution in [0.15, 0.2) is 176 Å². The lowest BCUT2D eigenvalue weighted by Gasteiger charge is -2.36. The van der Waals surface area contributed by atoms with E-state index in [0.717, 1.165) is 27.8 Å². The third kappa shape index (κ3) is 5.74. The van der Waals surface area contributed by atoms with Crippen LogP contribution in [-0.4, -0.2) is 15.0 Å². The predicted molar refractivity (Wildman–Crippen MR) is 222 cm³/mol. The standard InChI is InChI=1S/C51H39N3/c1-4-15-35(16-5-1)48-52-49(36-17-6-2-7-18-36)54-50(53-48)43-24-14-23-41(33-43)39-21-12-19-37(31-39)38-20-13-22-40(32-38)42-27-28-47-45(34-42)44-25-8-9-26-46(44)51(47)29-10-3-11-30-51/h1-2,4-9,12-28,31-34H,3,10-11,29-30H2. The molecule has 0 radical (unpaired) electrons. The van der Waals surface area contributed by atoms with Crippen LogP contribution >= 0.6 is 0 Å². The lowest BCUT2D eigenvalue weighted by molar-refractivity contribution is 0.353. The number of nitrogens with zero attached hydrogens (tertiary/aromatic N) is 3. The van der Waals surface area contributed by atoms with Gasteiger partial charge < -0.3 is 0 Å². The molecule has 0 atom stereocenters. The highest BCUT2D eigenvalue weighted by atomic mass is 15.0. The highest BCUT2D eigenvalue weighted by Gasteiger charge is 2.43. The van der Waals surface area contributed by atoms with Gasteiger partial charge in [-0.1, -0.05) is 171 Å². The van der Waals surface area contributed by atoms with Crippen LogP contribution < -0.4 is 0 Å². The molecule has 1 heterocycles. The summed E-state index contributed by atoms with van der Waals surface area (Å²) < 4.78 is 0. The Morgan fingerprint density at radius 2 is 0.704 bits per heavy atom. The Morgan fingerprint density at radius 1 is 0.296 bits per heavy atom. The molecule has 0 aliphatic heterocycles. The van der Waals surface area contributed by atoms with Crippen LogP contribution in [0.1, 0.15) is 43.2 Å². The van der Waals surface area contributed by atoms with E-state index in [4.69, 9.17) is 15.0 Å². The molecule has 2 aliphatic rings. The fourth-order valence-electron chi connectivity index (χ4n) is 8.87. The van der Waals surface area contributed by atoms with E-state index in [2.05, 4.69) is 115 Å². The van der Waals surface area contributed by atoms with Crippen molar-refractivity contribution in [1.82, 2.24) is 15.0 Å². The second-order valence-electron chi connectivity index (χ2n) is 14.7. The summed E-state index contributed by atoms with van der Waals surface area (Å²) in [6.45, 7) is 0. The van der Waals surface area contributed by atoms with Gasteiger partial charge in [0.05, 0.1) is 0 Å². The number of rotatable bonds is 6. The van der Waals surface area contributed by atoms with Gasteiger partial charge in [0.25, 0.3) is 0 Å². The monoisotopic (exact) mass is 693 g/mol. The Labute approximate surface area is 317 Å². The van der Waals surface area contributed by atoms with E-state index in [1.54, 1.807) is 0 Å².